The molecule has 0 spiro atoms. The summed E-state index contributed by atoms with van der Waals surface area (Å²) in [5, 5.41) is 7.64. The molecule has 1 saturated carbocycles. The van der Waals surface area contributed by atoms with E-state index < -0.39 is 5.41 Å². The molecule has 1 aliphatic rings. The van der Waals surface area contributed by atoms with E-state index in [1.54, 1.807) is 30.0 Å². The fourth-order valence-corrected chi connectivity index (χ4v) is 4.76. The maximum absolute atomic E-state index is 13.6. The smallest absolute Gasteiger partial charge is 0.231 e. The van der Waals surface area contributed by atoms with Gasteiger partial charge in [0, 0.05) is 30.4 Å². The third kappa shape index (κ3) is 4.76. The molecule has 37 heavy (non-hydrogen) atoms. The number of rotatable bonds is 8. The van der Waals surface area contributed by atoms with Crippen molar-refractivity contribution in [3.8, 4) is 28.3 Å². The third-order valence-corrected chi connectivity index (χ3v) is 7.06. The van der Waals surface area contributed by atoms with Crippen molar-refractivity contribution in [1.82, 2.24) is 29.6 Å². The Balaban J connectivity index is 1.57. The molecule has 0 saturated heterocycles. The number of hydrogen-bond donors (Lipinski definition) is 1. The number of halogens is 1. The van der Waals surface area contributed by atoms with E-state index in [2.05, 4.69) is 25.3 Å². The topological polar surface area (TPSA) is 98.1 Å². The molecule has 9 nitrogen and oxygen atoms in total. The van der Waals surface area contributed by atoms with Gasteiger partial charge in [0.25, 0.3) is 0 Å². The zero-order chi connectivity index (χ0) is 26.2. The van der Waals surface area contributed by atoms with Crippen LogP contribution in [0.4, 0.5) is 10.2 Å². The van der Waals surface area contributed by atoms with Crippen molar-refractivity contribution in [1.29, 1.82) is 0 Å². The number of aromatic nitrogens is 5. The molecule has 1 N–H and O–H groups in total. The van der Waals surface area contributed by atoms with Gasteiger partial charge in [-0.25, -0.2) is 19.3 Å². The molecule has 0 unspecified atom stereocenters. The zero-order valence-corrected chi connectivity index (χ0v) is 21.5. The molecule has 192 valence electrons. The molecule has 5 rings (SSSR count). The molecule has 1 aromatic carbocycles. The summed E-state index contributed by atoms with van der Waals surface area (Å²) < 4.78 is 20.8. The predicted molar refractivity (Wildman–Crippen MR) is 140 cm³/mol. The number of anilines is 1. The number of amides is 1. The Morgan fingerprint density at radius 2 is 1.95 bits per heavy atom. The van der Waals surface area contributed by atoms with Crippen LogP contribution in [0.2, 0.25) is 0 Å². The molecule has 4 aromatic rings. The van der Waals surface area contributed by atoms with Gasteiger partial charge in [-0.05, 0) is 64.2 Å². The van der Waals surface area contributed by atoms with Gasteiger partial charge in [0.2, 0.25) is 5.91 Å². The fourth-order valence-electron chi connectivity index (χ4n) is 4.76. The Hall–Kier alpha value is -3.92. The van der Waals surface area contributed by atoms with Gasteiger partial charge < -0.3 is 15.0 Å². The SMILES string of the molecule is COc1cc2ncnc(-c3cn(C)nc3-c3ccc(F)cc3)c2nc1NC(=O)C1(CCN(C)C)CCC1. The van der Waals surface area contributed by atoms with Crippen LogP contribution in [0.1, 0.15) is 25.7 Å². The molecule has 1 aliphatic carbocycles. The predicted octanol–water partition coefficient (Wildman–Crippen LogP) is 4.30. The van der Waals surface area contributed by atoms with Crippen molar-refractivity contribution in [2.24, 2.45) is 12.5 Å². The number of nitrogens with one attached hydrogen (secondary N) is 1. The highest BCUT2D eigenvalue weighted by atomic mass is 19.1. The molecule has 0 radical (unpaired) electrons. The molecule has 1 fully saturated rings. The zero-order valence-electron chi connectivity index (χ0n) is 21.5. The van der Waals surface area contributed by atoms with E-state index >= 15 is 0 Å². The minimum Gasteiger partial charge on any atom is -0.493 e. The minimum atomic E-state index is -0.402. The Kier molecular flexibility index (Phi) is 6.59. The number of aryl methyl sites for hydroxylation is 1. The first-order chi connectivity index (χ1) is 17.8. The lowest BCUT2D eigenvalue weighted by atomic mass is 9.66. The largest absolute Gasteiger partial charge is 0.493 e. The van der Waals surface area contributed by atoms with E-state index in [1.807, 2.05) is 27.3 Å². The van der Waals surface area contributed by atoms with Crippen molar-refractivity contribution in [2.45, 2.75) is 25.7 Å². The first kappa shape index (κ1) is 24.8. The van der Waals surface area contributed by atoms with E-state index in [-0.39, 0.29) is 11.7 Å². The maximum atomic E-state index is 13.6. The van der Waals surface area contributed by atoms with E-state index in [1.165, 1.54) is 18.5 Å². The van der Waals surface area contributed by atoms with E-state index in [4.69, 9.17) is 9.72 Å². The second kappa shape index (κ2) is 9.85. The van der Waals surface area contributed by atoms with Crippen LogP contribution in [0.25, 0.3) is 33.5 Å². The van der Waals surface area contributed by atoms with Crippen molar-refractivity contribution in [2.75, 3.05) is 33.1 Å². The van der Waals surface area contributed by atoms with Crippen molar-refractivity contribution in [3.63, 3.8) is 0 Å². The highest BCUT2D eigenvalue weighted by Crippen LogP contribution is 2.45. The molecule has 0 aliphatic heterocycles. The van der Waals surface area contributed by atoms with Gasteiger partial charge >= 0.3 is 0 Å². The molecule has 3 heterocycles. The summed E-state index contributed by atoms with van der Waals surface area (Å²) in [6, 6.07) is 7.91. The summed E-state index contributed by atoms with van der Waals surface area (Å²) in [5.74, 6) is 0.395. The molecular formula is C27H30FN7O2. The van der Waals surface area contributed by atoms with Gasteiger partial charge in [-0.1, -0.05) is 6.42 Å². The second-order valence-corrected chi connectivity index (χ2v) is 9.84. The number of pyridine rings is 1. The molecule has 0 bridgehead atoms. The maximum Gasteiger partial charge on any atom is 0.231 e. The average molecular weight is 504 g/mol. The summed E-state index contributed by atoms with van der Waals surface area (Å²) in [6.07, 6.45) is 6.83. The molecule has 0 atom stereocenters. The Morgan fingerprint density at radius 3 is 2.59 bits per heavy atom. The van der Waals surface area contributed by atoms with Gasteiger partial charge in [-0.3, -0.25) is 9.48 Å². The van der Waals surface area contributed by atoms with Crippen molar-refractivity contribution < 1.29 is 13.9 Å². The van der Waals surface area contributed by atoms with Gasteiger partial charge in [-0.15, -0.1) is 0 Å². The number of benzene rings is 1. The molecule has 3 aromatic heterocycles. The number of carbonyl (C=O) groups is 1. The van der Waals surface area contributed by atoms with Crippen molar-refractivity contribution in [3.05, 3.63) is 48.7 Å². The first-order valence-corrected chi connectivity index (χ1v) is 12.3. The van der Waals surface area contributed by atoms with Crippen molar-refractivity contribution >= 4 is 22.8 Å². The number of nitrogens with zero attached hydrogens (tertiary/aromatic N) is 6. The molecule has 1 amide bonds. The monoisotopic (exact) mass is 503 g/mol. The first-order valence-electron chi connectivity index (χ1n) is 12.3. The lowest BCUT2D eigenvalue weighted by Gasteiger charge is -2.40. The fraction of sp³-hybridized carbons (Fsp3) is 0.370. The van der Waals surface area contributed by atoms with Crippen LogP contribution in [-0.2, 0) is 11.8 Å². The van der Waals surface area contributed by atoms with Crippen LogP contribution >= 0.6 is 0 Å². The third-order valence-electron chi connectivity index (χ3n) is 7.06. The molecule has 10 heteroatoms. The van der Waals surface area contributed by atoms with Crippen LogP contribution in [0, 0.1) is 11.2 Å². The normalized spacial score (nSPS) is 14.5. The van der Waals surface area contributed by atoms with Gasteiger partial charge in [0.1, 0.15) is 29.0 Å². The van der Waals surface area contributed by atoms with Gasteiger partial charge in [-0.2, -0.15) is 5.10 Å². The Labute approximate surface area is 214 Å². The Bertz CT molecular complexity index is 1450. The van der Waals surface area contributed by atoms with Gasteiger partial charge in [0.15, 0.2) is 11.6 Å². The lowest BCUT2D eigenvalue weighted by Crippen LogP contribution is -2.44. The van der Waals surface area contributed by atoms with E-state index in [0.29, 0.717) is 34.0 Å². The van der Waals surface area contributed by atoms with E-state index in [9.17, 15) is 9.18 Å². The standard InChI is InChI=1S/C27H30FN7O2/c1-34(2)13-12-27(10-5-11-27)26(36)32-25-21(37-4)14-20-24(31-25)23(30-16-29-20)19-15-35(3)33-22(19)17-6-8-18(28)9-7-17/h6-9,14-16H,5,10-13H2,1-4H3,(H,31,32,36). The Morgan fingerprint density at radius 1 is 1.19 bits per heavy atom. The number of hydrogen-bond acceptors (Lipinski definition) is 7. The second-order valence-electron chi connectivity index (χ2n) is 9.84. The lowest BCUT2D eigenvalue weighted by molar-refractivity contribution is -0.131. The van der Waals surface area contributed by atoms with Crippen LogP contribution < -0.4 is 10.1 Å². The van der Waals surface area contributed by atoms with Gasteiger partial charge in [0.05, 0.1) is 18.0 Å². The quantitative estimate of drug-likeness (QED) is 0.383. The number of methoxy groups -OCH3 is 1. The summed E-state index contributed by atoms with van der Waals surface area (Å²) >= 11 is 0. The minimum absolute atomic E-state index is 0.0440. The highest BCUT2D eigenvalue weighted by molar-refractivity contribution is 5.99. The molecular weight excluding hydrogens is 473 g/mol. The highest BCUT2D eigenvalue weighted by Gasteiger charge is 2.44. The van der Waals surface area contributed by atoms with Crippen LogP contribution in [0.15, 0.2) is 42.9 Å². The summed E-state index contributed by atoms with van der Waals surface area (Å²) in [5.41, 5.74) is 3.34. The van der Waals surface area contributed by atoms with Crippen LogP contribution in [0.5, 0.6) is 5.75 Å². The van der Waals surface area contributed by atoms with Crippen LogP contribution in [0.3, 0.4) is 0 Å². The number of ether oxygens (including phenoxy) is 1. The van der Waals surface area contributed by atoms with Crippen LogP contribution in [-0.4, -0.2) is 63.3 Å². The number of fused-ring (bicyclic) bond motifs is 1. The average Bonchev–Trinajstić information content (AvgIpc) is 3.24. The summed E-state index contributed by atoms with van der Waals surface area (Å²) in [7, 11) is 7.38. The summed E-state index contributed by atoms with van der Waals surface area (Å²) in [6.45, 7) is 0.834. The number of carbonyl (C=O) groups excluding carboxylic acids is 1. The van der Waals surface area contributed by atoms with E-state index in [0.717, 1.165) is 43.4 Å². The summed E-state index contributed by atoms with van der Waals surface area (Å²) in [4.78, 5) is 29.3.